The van der Waals surface area contributed by atoms with Gasteiger partial charge in [-0.15, -0.1) is 0 Å². The third-order valence-electron chi connectivity index (χ3n) is 5.72. The number of methoxy groups -OCH3 is 1. The van der Waals surface area contributed by atoms with Crippen molar-refractivity contribution in [3.63, 3.8) is 0 Å². The van der Waals surface area contributed by atoms with Gasteiger partial charge in [0.2, 0.25) is 0 Å². The van der Waals surface area contributed by atoms with Crippen LogP contribution in [0.4, 0.5) is 5.69 Å². The summed E-state index contributed by atoms with van der Waals surface area (Å²) < 4.78 is 12.5. The number of rotatable bonds is 7. The van der Waals surface area contributed by atoms with Crippen molar-refractivity contribution < 1.29 is 19.1 Å². The van der Waals surface area contributed by atoms with E-state index >= 15 is 0 Å². The van der Waals surface area contributed by atoms with Crippen molar-refractivity contribution in [2.45, 2.75) is 38.1 Å². The second-order valence-electron chi connectivity index (χ2n) is 8.08. The average Bonchev–Trinajstić information content (AvgIpc) is 3.11. The first-order valence-corrected chi connectivity index (χ1v) is 13.1. The van der Waals surface area contributed by atoms with Gasteiger partial charge >= 0.3 is 0 Å². The molecule has 4 rings (SSSR count). The SMILES string of the molecule is COc1cc(C=C2SC(=S)N(C3CCCCC3)C2=O)cc(Br)c1OCC(=O)Nc1ccccc1. The molecular formula is C25H25BrN2O4S2. The van der Waals surface area contributed by atoms with Crippen LogP contribution in [0.15, 0.2) is 51.8 Å². The molecule has 0 spiro atoms. The smallest absolute Gasteiger partial charge is 0.266 e. The minimum absolute atomic E-state index is 0.0325. The third-order valence-corrected chi connectivity index (χ3v) is 7.64. The zero-order chi connectivity index (χ0) is 24.1. The van der Waals surface area contributed by atoms with Crippen LogP contribution in [0.25, 0.3) is 6.08 Å². The number of nitrogens with one attached hydrogen (secondary N) is 1. The predicted molar refractivity (Wildman–Crippen MR) is 143 cm³/mol. The predicted octanol–water partition coefficient (Wildman–Crippen LogP) is 6.01. The second kappa shape index (κ2) is 11.4. The highest BCUT2D eigenvalue weighted by Gasteiger charge is 2.37. The Labute approximate surface area is 217 Å². The molecule has 2 aromatic rings. The van der Waals surface area contributed by atoms with E-state index in [1.807, 2.05) is 30.3 Å². The first-order chi connectivity index (χ1) is 16.5. The molecule has 0 atom stereocenters. The molecule has 2 fully saturated rings. The summed E-state index contributed by atoms with van der Waals surface area (Å²) in [6.45, 7) is -0.177. The number of anilines is 1. The third kappa shape index (κ3) is 5.82. The highest BCUT2D eigenvalue weighted by Crippen LogP contribution is 2.40. The van der Waals surface area contributed by atoms with Crippen molar-refractivity contribution in [2.75, 3.05) is 19.0 Å². The Kier molecular flexibility index (Phi) is 8.28. The lowest BCUT2D eigenvalue weighted by molar-refractivity contribution is -0.124. The fourth-order valence-corrected chi connectivity index (χ4v) is 6.08. The first-order valence-electron chi connectivity index (χ1n) is 11.1. The molecule has 0 aromatic heterocycles. The van der Waals surface area contributed by atoms with Crippen LogP contribution in [0.1, 0.15) is 37.7 Å². The van der Waals surface area contributed by atoms with E-state index in [2.05, 4.69) is 21.2 Å². The Bertz CT molecular complexity index is 1120. The van der Waals surface area contributed by atoms with Crippen LogP contribution in [-0.4, -0.2) is 40.8 Å². The molecule has 0 unspecified atom stereocenters. The van der Waals surface area contributed by atoms with E-state index in [-0.39, 0.29) is 24.5 Å². The van der Waals surface area contributed by atoms with Gasteiger partial charge in [0.05, 0.1) is 16.5 Å². The van der Waals surface area contributed by atoms with Crippen LogP contribution in [0, 0.1) is 0 Å². The van der Waals surface area contributed by atoms with Gasteiger partial charge in [-0.05, 0) is 64.7 Å². The van der Waals surface area contributed by atoms with Crippen LogP contribution in [0.3, 0.4) is 0 Å². The number of hydrogen-bond donors (Lipinski definition) is 1. The highest BCUT2D eigenvalue weighted by atomic mass is 79.9. The van der Waals surface area contributed by atoms with Crippen molar-refractivity contribution in [1.82, 2.24) is 4.90 Å². The molecule has 34 heavy (non-hydrogen) atoms. The molecule has 1 N–H and O–H groups in total. The molecule has 6 nitrogen and oxygen atoms in total. The summed E-state index contributed by atoms with van der Waals surface area (Å²) in [6.07, 6.45) is 7.32. The maximum absolute atomic E-state index is 13.1. The van der Waals surface area contributed by atoms with Crippen LogP contribution >= 0.6 is 39.9 Å². The van der Waals surface area contributed by atoms with Crippen LogP contribution in [0.5, 0.6) is 11.5 Å². The number of carbonyl (C=O) groups is 2. The van der Waals surface area contributed by atoms with Gasteiger partial charge in [-0.2, -0.15) is 0 Å². The summed E-state index contributed by atoms with van der Waals surface area (Å²) in [7, 11) is 1.53. The summed E-state index contributed by atoms with van der Waals surface area (Å²) in [4.78, 5) is 27.7. The van der Waals surface area contributed by atoms with Gasteiger partial charge in [-0.25, -0.2) is 0 Å². The molecule has 1 saturated heterocycles. The number of thioether (sulfide) groups is 1. The zero-order valence-corrected chi connectivity index (χ0v) is 21.9. The molecule has 1 saturated carbocycles. The lowest BCUT2D eigenvalue weighted by atomic mass is 9.94. The molecule has 178 valence electrons. The largest absolute Gasteiger partial charge is 0.493 e. The quantitative estimate of drug-likeness (QED) is 0.330. The summed E-state index contributed by atoms with van der Waals surface area (Å²) in [6, 6.07) is 13.0. The monoisotopic (exact) mass is 560 g/mol. The fourth-order valence-electron chi connectivity index (χ4n) is 4.10. The minimum atomic E-state index is -0.282. The topological polar surface area (TPSA) is 67.9 Å². The number of carbonyl (C=O) groups excluding carboxylic acids is 2. The van der Waals surface area contributed by atoms with Crippen LogP contribution < -0.4 is 14.8 Å². The Morgan fingerprint density at radius 2 is 1.97 bits per heavy atom. The molecule has 2 amide bonds. The Hall–Kier alpha value is -2.36. The van der Waals surface area contributed by atoms with Gasteiger partial charge in [0.25, 0.3) is 11.8 Å². The number of para-hydroxylation sites is 1. The molecule has 2 aromatic carbocycles. The summed E-state index contributed by atoms with van der Waals surface area (Å²) in [5.41, 5.74) is 1.47. The van der Waals surface area contributed by atoms with Crippen molar-refractivity contribution in [3.05, 3.63) is 57.4 Å². The van der Waals surface area contributed by atoms with E-state index in [1.54, 1.807) is 23.1 Å². The Morgan fingerprint density at radius 1 is 1.24 bits per heavy atom. The van der Waals surface area contributed by atoms with Gasteiger partial charge in [-0.3, -0.25) is 14.5 Å². The number of benzene rings is 2. The van der Waals surface area contributed by atoms with E-state index in [9.17, 15) is 9.59 Å². The minimum Gasteiger partial charge on any atom is -0.493 e. The van der Waals surface area contributed by atoms with Gasteiger partial charge in [0.15, 0.2) is 18.1 Å². The van der Waals surface area contributed by atoms with Crippen molar-refractivity contribution in [2.24, 2.45) is 0 Å². The van der Waals surface area contributed by atoms with Crippen LogP contribution in [-0.2, 0) is 9.59 Å². The molecular weight excluding hydrogens is 536 g/mol. The number of thiocarbonyl (C=S) groups is 1. The normalized spacial score (nSPS) is 17.8. The number of amides is 2. The van der Waals surface area contributed by atoms with E-state index < -0.39 is 0 Å². The maximum atomic E-state index is 13.1. The van der Waals surface area contributed by atoms with Gasteiger partial charge < -0.3 is 14.8 Å². The molecule has 1 aliphatic heterocycles. The molecule has 9 heteroatoms. The summed E-state index contributed by atoms with van der Waals surface area (Å²) >= 11 is 10.4. The van der Waals surface area contributed by atoms with E-state index in [1.165, 1.54) is 25.3 Å². The van der Waals surface area contributed by atoms with E-state index in [0.29, 0.717) is 30.9 Å². The van der Waals surface area contributed by atoms with Crippen molar-refractivity contribution in [3.8, 4) is 11.5 Å². The molecule has 0 radical (unpaired) electrons. The number of halogens is 1. The first kappa shape index (κ1) is 24.8. The Morgan fingerprint density at radius 3 is 2.68 bits per heavy atom. The number of ether oxygens (including phenoxy) is 2. The van der Waals surface area contributed by atoms with Crippen LogP contribution in [0.2, 0.25) is 0 Å². The molecule has 1 heterocycles. The lowest BCUT2D eigenvalue weighted by Gasteiger charge is -2.29. The van der Waals surface area contributed by atoms with Gasteiger partial charge in [-0.1, -0.05) is 61.4 Å². The van der Waals surface area contributed by atoms with Gasteiger partial charge in [0, 0.05) is 11.7 Å². The van der Waals surface area contributed by atoms with E-state index in [4.69, 9.17) is 21.7 Å². The summed E-state index contributed by atoms with van der Waals surface area (Å²) in [5.74, 6) is 0.555. The second-order valence-corrected chi connectivity index (χ2v) is 10.6. The zero-order valence-electron chi connectivity index (χ0n) is 18.7. The number of hydrogen-bond acceptors (Lipinski definition) is 6. The average molecular weight is 562 g/mol. The number of nitrogens with zero attached hydrogens (tertiary/aromatic N) is 1. The lowest BCUT2D eigenvalue weighted by Crippen LogP contribution is -2.39. The molecule has 1 aliphatic carbocycles. The van der Waals surface area contributed by atoms with E-state index in [0.717, 1.165) is 31.2 Å². The van der Waals surface area contributed by atoms with Gasteiger partial charge in [0.1, 0.15) is 4.32 Å². The fraction of sp³-hybridized carbons (Fsp3) is 0.320. The van der Waals surface area contributed by atoms with Crippen molar-refractivity contribution in [1.29, 1.82) is 0 Å². The maximum Gasteiger partial charge on any atom is 0.266 e. The standard InChI is InChI=1S/C25H25BrN2O4S2/c1-31-20-13-16(14-21-24(30)28(25(33)34-21)18-10-6-3-7-11-18)12-19(26)23(20)32-15-22(29)27-17-8-4-2-5-9-17/h2,4-5,8-9,12-14,18H,3,6-7,10-11,15H2,1H3,(H,27,29). The highest BCUT2D eigenvalue weighted by molar-refractivity contribution is 9.10. The Balaban J connectivity index is 1.47. The van der Waals surface area contributed by atoms with Crippen molar-refractivity contribution >= 4 is 67.8 Å². The molecule has 0 bridgehead atoms. The molecule has 2 aliphatic rings. The summed E-state index contributed by atoms with van der Waals surface area (Å²) in [5, 5.41) is 2.78.